The van der Waals surface area contributed by atoms with Gasteiger partial charge in [0.15, 0.2) is 0 Å². The Labute approximate surface area is 93.8 Å². The molecule has 0 spiro atoms. The predicted octanol–water partition coefficient (Wildman–Crippen LogP) is -6.97. The molecule has 48 valence electrons. The van der Waals surface area contributed by atoms with Crippen molar-refractivity contribution < 1.29 is 39.2 Å². The van der Waals surface area contributed by atoms with Gasteiger partial charge in [-0.25, -0.2) is 0 Å². The molecule has 0 aliphatic rings. The molecule has 7 heavy (non-hydrogen) atoms. The summed E-state index contributed by atoms with van der Waals surface area (Å²) in [7, 11) is 0. The third kappa shape index (κ3) is 9.57. The van der Waals surface area contributed by atoms with Gasteiger partial charge in [0, 0.05) is 0 Å². The molecule has 0 aromatic heterocycles. The minimum absolute atomic E-state index is 0.582. The summed E-state index contributed by atoms with van der Waals surface area (Å²) in [6.07, 6.45) is 0. The van der Waals surface area contributed by atoms with Crippen molar-refractivity contribution in [2.45, 2.75) is 0 Å². The van der Waals surface area contributed by atoms with Crippen LogP contribution in [0, 0.1) is 0 Å². The van der Waals surface area contributed by atoms with Crippen molar-refractivity contribution >= 4 is 57.1 Å². The van der Waals surface area contributed by atoms with Gasteiger partial charge in [0.05, 0.1) is 0 Å². The number of halogens is 4. The molecule has 0 nitrogen and oxygen atoms in total. The molecule has 0 saturated carbocycles. The van der Waals surface area contributed by atoms with E-state index in [0.717, 1.165) is 43.7 Å². The standard InChI is InChI=1S/H6I4Si3/c1-5-3-7-4-6-2/h5-7H2/q-2. The zero-order valence-electron chi connectivity index (χ0n) is 3.63. The summed E-state index contributed by atoms with van der Waals surface area (Å²) in [5.41, 5.74) is 0. The molecular formula is H6I4Si3-2. The number of rotatable bonds is 4. The van der Waals surface area contributed by atoms with Crippen LogP contribution in [0.25, 0.3) is 0 Å². The van der Waals surface area contributed by atoms with Gasteiger partial charge in [0.25, 0.3) is 0 Å². The molecule has 0 amide bonds. The van der Waals surface area contributed by atoms with E-state index in [1.54, 1.807) is 0 Å². The molecule has 0 aliphatic carbocycles. The SMILES string of the molecule is I[SiH2][I-][SiH2][I-][SiH2]I. The fourth-order valence-corrected chi connectivity index (χ4v) is 208. The van der Waals surface area contributed by atoms with Crippen LogP contribution in [0.2, 0.25) is 0 Å². The van der Waals surface area contributed by atoms with Gasteiger partial charge in [0.2, 0.25) is 0 Å². The fraction of sp³-hybridized carbons (Fsp3) is 0. The van der Waals surface area contributed by atoms with E-state index >= 15 is 0 Å². The maximum atomic E-state index is 2.68. The van der Waals surface area contributed by atoms with E-state index in [9.17, 15) is 0 Å². The Morgan fingerprint density at radius 3 is 1.71 bits per heavy atom. The van der Waals surface area contributed by atoms with Gasteiger partial charge in [-0.1, -0.05) is 0 Å². The second kappa shape index (κ2) is 9.57. The van der Waals surface area contributed by atoms with Crippen LogP contribution < -0.4 is 39.2 Å². The monoisotopic (exact) mass is 598 g/mol. The molecule has 7 heteroatoms. The normalized spacial score (nSPS) is 15.7. The van der Waals surface area contributed by atoms with Crippen molar-refractivity contribution in [3.63, 3.8) is 0 Å². The summed E-state index contributed by atoms with van der Waals surface area (Å²) in [6.45, 7) is 0. The van der Waals surface area contributed by atoms with Crippen LogP contribution in [0.1, 0.15) is 0 Å². The van der Waals surface area contributed by atoms with Crippen molar-refractivity contribution in [3.8, 4) is 0 Å². The van der Waals surface area contributed by atoms with E-state index < -0.39 is 0 Å². The van der Waals surface area contributed by atoms with E-state index in [1.807, 2.05) is 0 Å². The van der Waals surface area contributed by atoms with Crippen LogP contribution in [0.4, 0.5) is 0 Å². The minimum atomic E-state index is 0.582. The predicted molar refractivity (Wildman–Crippen MR) is 53.7 cm³/mol. The second-order valence-corrected chi connectivity index (χ2v) is 63.7. The van der Waals surface area contributed by atoms with Crippen LogP contribution in [0.5, 0.6) is 0 Å². The molecule has 0 atom stereocenters. The van der Waals surface area contributed by atoms with Crippen LogP contribution in [0.3, 0.4) is 0 Å². The molecule has 0 radical (unpaired) electrons. The summed E-state index contributed by atoms with van der Waals surface area (Å²) in [4.78, 5) is 0. The topological polar surface area (TPSA) is 0 Å². The van der Waals surface area contributed by atoms with Crippen LogP contribution >= 0.6 is 43.6 Å². The van der Waals surface area contributed by atoms with Gasteiger partial charge in [-0.2, -0.15) is 0 Å². The quantitative estimate of drug-likeness (QED) is 0.131. The zero-order chi connectivity index (χ0) is 5.54. The van der Waals surface area contributed by atoms with E-state index in [-0.39, 0.29) is 0 Å². The molecule has 0 saturated heterocycles. The molecule has 0 N–H and O–H groups in total. The Morgan fingerprint density at radius 2 is 1.43 bits per heavy atom. The summed E-state index contributed by atoms with van der Waals surface area (Å²) in [5.74, 6) is 0. The van der Waals surface area contributed by atoms with Crippen LogP contribution in [-0.2, 0) is 0 Å². The third-order valence-electron chi connectivity index (χ3n) is 0.286. The Bertz CT molecular complexity index is 26.1. The molecule has 0 aliphatic heterocycles. The van der Waals surface area contributed by atoms with E-state index in [0.29, 0.717) is 9.03 Å². The molecule has 0 bridgehead atoms. The number of hydrogen-bond donors (Lipinski definition) is 0. The van der Waals surface area contributed by atoms with Crippen molar-refractivity contribution in [2.24, 2.45) is 0 Å². The van der Waals surface area contributed by atoms with E-state index in [2.05, 4.69) is 43.6 Å². The van der Waals surface area contributed by atoms with Crippen molar-refractivity contribution in [3.05, 3.63) is 0 Å². The van der Waals surface area contributed by atoms with Gasteiger partial charge in [-0.15, -0.1) is 0 Å². The fourth-order valence-electron chi connectivity index (χ4n) is 0.105. The molecule has 0 aromatic carbocycles. The first-order valence-corrected chi connectivity index (χ1v) is 32.3. The van der Waals surface area contributed by atoms with Crippen LogP contribution in [-0.4, -0.2) is 13.5 Å². The van der Waals surface area contributed by atoms with Crippen LogP contribution in [0.15, 0.2) is 0 Å². The first-order chi connectivity index (χ1) is 3.41. The first kappa shape index (κ1) is 10.6. The Morgan fingerprint density at radius 1 is 1.00 bits per heavy atom. The second-order valence-electron chi connectivity index (χ2n) is 0.681. The van der Waals surface area contributed by atoms with E-state index in [1.165, 1.54) is 0 Å². The Balaban J connectivity index is 2.45. The average Bonchev–Trinajstić information content (AvgIpc) is 1.69. The average molecular weight is 598 g/mol. The molecule has 0 fully saturated rings. The summed E-state index contributed by atoms with van der Waals surface area (Å²) < 4.78 is 1.90. The van der Waals surface area contributed by atoms with Gasteiger partial charge >= 0.3 is 96.4 Å². The summed E-state index contributed by atoms with van der Waals surface area (Å²) in [5, 5.41) is 0. The van der Waals surface area contributed by atoms with E-state index in [4.69, 9.17) is 0 Å². The first-order valence-electron chi connectivity index (χ1n) is 1.60. The van der Waals surface area contributed by atoms with Gasteiger partial charge in [0.1, 0.15) is 0 Å². The maximum absolute atomic E-state index is 2.68. The van der Waals surface area contributed by atoms with Gasteiger partial charge in [-0.05, 0) is 0 Å². The zero-order valence-corrected chi connectivity index (χ0v) is 16.5. The third-order valence-corrected chi connectivity index (χ3v) is 116. The molecule has 0 heterocycles. The van der Waals surface area contributed by atoms with Crippen molar-refractivity contribution in [1.82, 2.24) is 0 Å². The van der Waals surface area contributed by atoms with Gasteiger partial charge in [-0.3, -0.25) is 0 Å². The molecule has 0 unspecified atom stereocenters. The van der Waals surface area contributed by atoms with Crippen molar-refractivity contribution in [2.75, 3.05) is 0 Å². The molecule has 0 rings (SSSR count). The van der Waals surface area contributed by atoms with Gasteiger partial charge < -0.3 is 0 Å². The van der Waals surface area contributed by atoms with Crippen molar-refractivity contribution in [1.29, 1.82) is 0 Å². The number of hydrogen-bond acceptors (Lipinski definition) is 0. The Hall–Kier alpha value is 3.57. The summed E-state index contributed by atoms with van der Waals surface area (Å²) >= 11 is 7.29. The molecule has 0 aromatic rings. The molecular weight excluding hydrogens is 592 g/mol. The summed E-state index contributed by atoms with van der Waals surface area (Å²) in [6, 6.07) is 0. The Kier molecular flexibility index (Phi) is 14.5.